The first kappa shape index (κ1) is 18.8. The molecule has 0 heterocycles. The van der Waals surface area contributed by atoms with Crippen LogP contribution in [0.3, 0.4) is 0 Å². The van der Waals surface area contributed by atoms with Gasteiger partial charge in [-0.3, -0.25) is 9.59 Å². The van der Waals surface area contributed by atoms with E-state index in [9.17, 15) is 9.59 Å². The van der Waals surface area contributed by atoms with Crippen molar-refractivity contribution in [1.82, 2.24) is 0 Å². The number of benzene rings is 3. The number of para-hydroxylation sites is 1. The largest absolute Gasteiger partial charge is 0.370 e. The van der Waals surface area contributed by atoms with E-state index < -0.39 is 0 Å². The summed E-state index contributed by atoms with van der Waals surface area (Å²) in [6, 6.07) is 20.1. The van der Waals surface area contributed by atoms with Crippen LogP contribution < -0.4 is 5.32 Å². The summed E-state index contributed by atoms with van der Waals surface area (Å²) < 4.78 is 5.77. The summed E-state index contributed by atoms with van der Waals surface area (Å²) >= 11 is 0. The molecule has 1 aliphatic carbocycles. The van der Waals surface area contributed by atoms with Gasteiger partial charge in [-0.15, -0.1) is 6.58 Å². The van der Waals surface area contributed by atoms with Gasteiger partial charge < -0.3 is 10.1 Å². The van der Waals surface area contributed by atoms with Gasteiger partial charge in [0, 0.05) is 27.9 Å². The molecule has 0 aromatic heterocycles. The number of anilines is 2. The van der Waals surface area contributed by atoms with Crippen molar-refractivity contribution in [2.24, 2.45) is 0 Å². The molecule has 0 bridgehead atoms. The molecule has 3 aromatic rings. The molecule has 4 nitrogen and oxygen atoms in total. The third kappa shape index (κ3) is 3.39. The summed E-state index contributed by atoms with van der Waals surface area (Å²) in [5.41, 5.74) is 4.12. The predicted octanol–water partition coefficient (Wildman–Crippen LogP) is 5.47. The van der Waals surface area contributed by atoms with Crippen molar-refractivity contribution in [3.05, 3.63) is 107 Å². The van der Waals surface area contributed by atoms with Gasteiger partial charge in [0.1, 0.15) is 0 Å². The first-order valence-corrected chi connectivity index (χ1v) is 9.51. The van der Waals surface area contributed by atoms with Crippen molar-refractivity contribution in [3.63, 3.8) is 0 Å². The van der Waals surface area contributed by atoms with Crippen LogP contribution in [0.15, 0.2) is 79.4 Å². The van der Waals surface area contributed by atoms with Crippen molar-refractivity contribution in [2.75, 3.05) is 11.9 Å². The van der Waals surface area contributed by atoms with Gasteiger partial charge in [-0.1, -0.05) is 60.7 Å². The van der Waals surface area contributed by atoms with Crippen molar-refractivity contribution >= 4 is 22.9 Å². The fourth-order valence-corrected chi connectivity index (χ4v) is 3.66. The van der Waals surface area contributed by atoms with Gasteiger partial charge in [0.2, 0.25) is 0 Å². The lowest BCUT2D eigenvalue weighted by molar-refractivity contribution is 0.0893. The number of fused-ring (bicyclic) bond motifs is 2. The average molecular weight is 383 g/mol. The van der Waals surface area contributed by atoms with Crippen LogP contribution in [-0.2, 0) is 4.74 Å². The van der Waals surface area contributed by atoms with E-state index in [2.05, 4.69) is 11.9 Å². The molecular weight excluding hydrogens is 362 g/mol. The molecule has 0 spiro atoms. The Labute approximate surface area is 169 Å². The molecule has 0 radical (unpaired) electrons. The Balaban J connectivity index is 1.76. The summed E-state index contributed by atoms with van der Waals surface area (Å²) in [7, 11) is 0. The standard InChI is InChI=1S/C25H21NO3/c1-3-15-29-16(2)17-9-6-7-13-21(17)26-22-14-8-12-20-23(22)25(28)19-11-5-4-10-18(19)24(20)27/h3-14,16,26H,1,15H2,2H3. The van der Waals surface area contributed by atoms with E-state index in [0.717, 1.165) is 11.3 Å². The number of carbonyl (C=O) groups excluding carboxylic acids is 2. The number of rotatable bonds is 6. The topological polar surface area (TPSA) is 55.4 Å². The van der Waals surface area contributed by atoms with Crippen LogP contribution in [0.2, 0.25) is 0 Å². The lowest BCUT2D eigenvalue weighted by Crippen LogP contribution is -2.22. The van der Waals surface area contributed by atoms with Gasteiger partial charge in [0.25, 0.3) is 0 Å². The minimum atomic E-state index is -0.158. The molecule has 1 N–H and O–H groups in total. The van der Waals surface area contributed by atoms with Crippen LogP contribution in [0.5, 0.6) is 0 Å². The quantitative estimate of drug-likeness (QED) is 0.449. The van der Waals surface area contributed by atoms with E-state index >= 15 is 0 Å². The van der Waals surface area contributed by atoms with Crippen molar-refractivity contribution in [2.45, 2.75) is 13.0 Å². The maximum Gasteiger partial charge on any atom is 0.196 e. The predicted molar refractivity (Wildman–Crippen MR) is 114 cm³/mol. The first-order valence-electron chi connectivity index (χ1n) is 9.51. The Hall–Kier alpha value is -3.50. The highest BCUT2D eigenvalue weighted by Gasteiger charge is 2.31. The first-order chi connectivity index (χ1) is 14.1. The second-order valence-electron chi connectivity index (χ2n) is 6.91. The van der Waals surface area contributed by atoms with E-state index in [-0.39, 0.29) is 17.7 Å². The van der Waals surface area contributed by atoms with Gasteiger partial charge in [0.15, 0.2) is 11.6 Å². The number of ether oxygens (including phenoxy) is 1. The van der Waals surface area contributed by atoms with Crippen LogP contribution in [0, 0.1) is 0 Å². The normalized spacial score (nSPS) is 13.4. The van der Waals surface area contributed by atoms with Crippen LogP contribution in [0.25, 0.3) is 0 Å². The molecule has 0 amide bonds. The SMILES string of the molecule is C=CCOC(C)c1ccccc1Nc1cccc2c1C(=O)c1ccccc1C2=O. The molecular formula is C25H21NO3. The number of nitrogens with one attached hydrogen (secondary N) is 1. The molecule has 0 aliphatic heterocycles. The summed E-state index contributed by atoms with van der Waals surface area (Å²) in [5.74, 6) is -0.276. The van der Waals surface area contributed by atoms with E-state index in [4.69, 9.17) is 4.74 Å². The molecule has 3 aromatic carbocycles. The lowest BCUT2D eigenvalue weighted by atomic mass is 9.83. The third-order valence-electron chi connectivity index (χ3n) is 5.08. The van der Waals surface area contributed by atoms with E-state index in [0.29, 0.717) is 34.5 Å². The van der Waals surface area contributed by atoms with Gasteiger partial charge in [-0.25, -0.2) is 0 Å². The highest BCUT2D eigenvalue weighted by molar-refractivity contribution is 6.30. The zero-order chi connectivity index (χ0) is 20.4. The number of hydrogen-bond donors (Lipinski definition) is 1. The number of hydrogen-bond acceptors (Lipinski definition) is 4. The molecule has 1 unspecified atom stereocenters. The minimum absolute atomic E-state index is 0.130. The van der Waals surface area contributed by atoms with E-state index in [1.807, 2.05) is 37.3 Å². The van der Waals surface area contributed by atoms with Crippen molar-refractivity contribution in [1.29, 1.82) is 0 Å². The molecule has 4 rings (SSSR count). The molecule has 4 heteroatoms. The van der Waals surface area contributed by atoms with Gasteiger partial charge in [0.05, 0.1) is 24.0 Å². The van der Waals surface area contributed by atoms with Crippen LogP contribution >= 0.6 is 0 Å². The summed E-state index contributed by atoms with van der Waals surface area (Å²) in [6.45, 7) is 6.10. The van der Waals surface area contributed by atoms with E-state index in [1.165, 1.54) is 0 Å². The van der Waals surface area contributed by atoms with Crippen LogP contribution in [0.4, 0.5) is 11.4 Å². The van der Waals surface area contributed by atoms with Gasteiger partial charge in [-0.05, 0) is 19.1 Å². The van der Waals surface area contributed by atoms with Gasteiger partial charge >= 0.3 is 0 Å². The maximum absolute atomic E-state index is 13.2. The van der Waals surface area contributed by atoms with Gasteiger partial charge in [-0.2, -0.15) is 0 Å². The second kappa shape index (κ2) is 7.86. The van der Waals surface area contributed by atoms with Crippen LogP contribution in [0.1, 0.15) is 50.4 Å². The molecule has 144 valence electrons. The van der Waals surface area contributed by atoms with E-state index in [1.54, 1.807) is 42.5 Å². The van der Waals surface area contributed by atoms with Crippen molar-refractivity contribution in [3.8, 4) is 0 Å². The Morgan fingerprint density at radius 2 is 1.48 bits per heavy atom. The van der Waals surface area contributed by atoms with Crippen LogP contribution in [-0.4, -0.2) is 18.2 Å². The summed E-state index contributed by atoms with van der Waals surface area (Å²) in [5, 5.41) is 3.36. The fraction of sp³-hybridized carbons (Fsp3) is 0.120. The molecule has 0 saturated heterocycles. The summed E-state index contributed by atoms with van der Waals surface area (Å²) in [6.07, 6.45) is 1.55. The monoisotopic (exact) mass is 383 g/mol. The minimum Gasteiger partial charge on any atom is -0.370 e. The smallest absolute Gasteiger partial charge is 0.196 e. The molecule has 1 atom stereocenters. The maximum atomic E-state index is 13.2. The Morgan fingerprint density at radius 3 is 2.24 bits per heavy atom. The zero-order valence-electron chi connectivity index (χ0n) is 16.1. The van der Waals surface area contributed by atoms with Crippen molar-refractivity contribution < 1.29 is 14.3 Å². The lowest BCUT2D eigenvalue weighted by Gasteiger charge is -2.22. The average Bonchev–Trinajstić information content (AvgIpc) is 2.76. The second-order valence-corrected chi connectivity index (χ2v) is 6.91. The number of ketones is 2. The highest BCUT2D eigenvalue weighted by Crippen LogP contribution is 2.35. The fourth-order valence-electron chi connectivity index (χ4n) is 3.66. The molecule has 29 heavy (non-hydrogen) atoms. The molecule has 0 saturated carbocycles. The molecule has 1 aliphatic rings. The molecule has 0 fully saturated rings. The Morgan fingerprint density at radius 1 is 0.862 bits per heavy atom. The Bertz CT molecular complexity index is 1120. The highest BCUT2D eigenvalue weighted by atomic mass is 16.5. The summed E-state index contributed by atoms with van der Waals surface area (Å²) in [4.78, 5) is 26.1. The Kier molecular flexibility index (Phi) is 5.10. The zero-order valence-corrected chi connectivity index (χ0v) is 16.1. The number of carbonyl (C=O) groups is 2. The third-order valence-corrected chi connectivity index (χ3v) is 5.08.